The molecule has 35 heavy (non-hydrogen) atoms. The van der Waals surface area contributed by atoms with Crippen LogP contribution in [0.1, 0.15) is 35.7 Å². The highest BCUT2D eigenvalue weighted by molar-refractivity contribution is 7.14. The molecule has 0 saturated heterocycles. The first-order valence-corrected chi connectivity index (χ1v) is 12.3. The molecule has 3 aromatic rings. The second-order valence-corrected chi connectivity index (χ2v) is 9.64. The van der Waals surface area contributed by atoms with Crippen molar-refractivity contribution in [3.63, 3.8) is 0 Å². The molecule has 1 aromatic heterocycles. The largest absolute Gasteiger partial charge is 0.493 e. The highest BCUT2D eigenvalue weighted by Gasteiger charge is 2.39. The summed E-state index contributed by atoms with van der Waals surface area (Å²) in [6, 6.07) is 9.47. The average molecular weight is 494 g/mol. The minimum Gasteiger partial charge on any atom is -0.493 e. The van der Waals surface area contributed by atoms with Gasteiger partial charge >= 0.3 is 0 Å². The van der Waals surface area contributed by atoms with Crippen LogP contribution in [0.5, 0.6) is 17.2 Å². The predicted molar refractivity (Wildman–Crippen MR) is 135 cm³/mol. The minimum atomic E-state index is -0.331. The fourth-order valence-electron chi connectivity index (χ4n) is 4.50. The Morgan fingerprint density at radius 1 is 1.06 bits per heavy atom. The van der Waals surface area contributed by atoms with Crippen LogP contribution in [0.2, 0.25) is 0 Å². The van der Waals surface area contributed by atoms with Crippen LogP contribution in [-0.2, 0) is 11.2 Å². The number of carbonyl (C=O) groups is 2. The summed E-state index contributed by atoms with van der Waals surface area (Å²) >= 11 is 1.35. The summed E-state index contributed by atoms with van der Waals surface area (Å²) in [6.07, 6.45) is 2.83. The van der Waals surface area contributed by atoms with Gasteiger partial charge in [0.15, 0.2) is 16.6 Å². The summed E-state index contributed by atoms with van der Waals surface area (Å²) in [7, 11) is 4.52. The Morgan fingerprint density at radius 3 is 2.40 bits per heavy atom. The van der Waals surface area contributed by atoms with Crippen molar-refractivity contribution in [1.82, 2.24) is 4.98 Å². The fraction of sp³-hybridized carbons (Fsp3) is 0.346. The lowest BCUT2D eigenvalue weighted by Crippen LogP contribution is -2.36. The first-order valence-electron chi connectivity index (χ1n) is 11.5. The van der Waals surface area contributed by atoms with Crippen LogP contribution < -0.4 is 24.4 Å². The van der Waals surface area contributed by atoms with E-state index in [0.717, 1.165) is 41.8 Å². The number of hydrogen-bond acceptors (Lipinski definition) is 7. The third-order valence-corrected chi connectivity index (χ3v) is 7.16. The van der Waals surface area contributed by atoms with Crippen molar-refractivity contribution in [1.29, 1.82) is 0 Å². The van der Waals surface area contributed by atoms with Crippen LogP contribution in [0.15, 0.2) is 35.7 Å². The molecule has 0 unspecified atom stereocenters. The normalized spacial score (nSPS) is 16.6. The van der Waals surface area contributed by atoms with E-state index in [0.29, 0.717) is 27.9 Å². The molecule has 2 aliphatic rings. The van der Waals surface area contributed by atoms with Gasteiger partial charge in [-0.05, 0) is 56.0 Å². The van der Waals surface area contributed by atoms with Crippen molar-refractivity contribution >= 4 is 34.0 Å². The van der Waals surface area contributed by atoms with Gasteiger partial charge < -0.3 is 19.1 Å². The van der Waals surface area contributed by atoms with Gasteiger partial charge in [-0.3, -0.25) is 14.9 Å². The zero-order chi connectivity index (χ0) is 24.7. The van der Waals surface area contributed by atoms with Crippen LogP contribution in [0.25, 0.3) is 11.3 Å². The molecule has 1 fully saturated rings. The maximum atomic E-state index is 12.9. The quantitative estimate of drug-likeness (QED) is 0.510. The third-order valence-electron chi connectivity index (χ3n) is 6.41. The molecule has 0 spiro atoms. The molecule has 1 aliphatic carbocycles. The Hall–Kier alpha value is -3.59. The lowest BCUT2D eigenvalue weighted by molar-refractivity contribution is -0.120. The molecule has 2 amide bonds. The van der Waals surface area contributed by atoms with Gasteiger partial charge in [0.05, 0.1) is 27.0 Å². The van der Waals surface area contributed by atoms with Gasteiger partial charge in [0, 0.05) is 34.2 Å². The number of aromatic nitrogens is 1. The lowest BCUT2D eigenvalue weighted by atomic mass is 10.1. The second-order valence-electron chi connectivity index (χ2n) is 8.79. The van der Waals surface area contributed by atoms with Crippen LogP contribution in [-0.4, -0.2) is 44.2 Å². The van der Waals surface area contributed by atoms with E-state index in [1.165, 1.54) is 32.7 Å². The molecular weight excluding hydrogens is 466 g/mol. The van der Waals surface area contributed by atoms with Crippen molar-refractivity contribution in [2.24, 2.45) is 5.92 Å². The van der Waals surface area contributed by atoms with Crippen molar-refractivity contribution in [2.75, 3.05) is 31.5 Å². The van der Waals surface area contributed by atoms with Gasteiger partial charge in [-0.1, -0.05) is 6.07 Å². The summed E-state index contributed by atoms with van der Waals surface area (Å²) in [4.78, 5) is 32.2. The summed E-state index contributed by atoms with van der Waals surface area (Å²) in [5, 5.41) is 5.25. The van der Waals surface area contributed by atoms with Gasteiger partial charge in [-0.25, -0.2) is 4.98 Å². The number of nitrogens with one attached hydrogen (secondary N) is 1. The fourth-order valence-corrected chi connectivity index (χ4v) is 5.21. The Balaban J connectivity index is 1.34. The van der Waals surface area contributed by atoms with Gasteiger partial charge in [0.2, 0.25) is 11.7 Å². The number of amides is 2. The maximum Gasteiger partial charge on any atom is 0.257 e. The van der Waals surface area contributed by atoms with Crippen molar-refractivity contribution in [2.45, 2.75) is 32.2 Å². The molecule has 0 radical (unpaired) electrons. The molecule has 1 aliphatic heterocycles. The van der Waals surface area contributed by atoms with Crippen molar-refractivity contribution in [3.8, 4) is 28.5 Å². The maximum absolute atomic E-state index is 12.9. The van der Waals surface area contributed by atoms with Crippen molar-refractivity contribution < 1.29 is 23.8 Å². The monoisotopic (exact) mass is 493 g/mol. The minimum absolute atomic E-state index is 0.164. The highest BCUT2D eigenvalue weighted by Crippen LogP contribution is 2.41. The number of rotatable bonds is 7. The topological polar surface area (TPSA) is 90.0 Å². The standard InChI is InChI=1S/C26H27N3O5S/c1-14-9-17-10-16(7-8-20(17)29(14)25(31)15-5-6-15)19-13-35-26(27-19)28-24(30)18-11-21(32-2)23(34-4)22(12-18)33-3/h7-8,10-15H,5-6,9H2,1-4H3,(H,27,28,30)/t14-/m1/s1. The zero-order valence-corrected chi connectivity index (χ0v) is 20.9. The van der Waals surface area contributed by atoms with E-state index in [1.54, 1.807) is 12.1 Å². The molecule has 1 atom stereocenters. The molecule has 1 N–H and O–H groups in total. The Kier molecular flexibility index (Phi) is 6.10. The number of hydrogen-bond donors (Lipinski definition) is 1. The molecule has 0 bridgehead atoms. The Morgan fingerprint density at radius 2 is 1.77 bits per heavy atom. The SMILES string of the molecule is COc1cc(C(=O)Nc2nc(-c3ccc4c(c3)C[C@@H](C)N4C(=O)C3CC3)cs2)cc(OC)c1OC. The molecule has 5 rings (SSSR count). The van der Waals surface area contributed by atoms with E-state index in [2.05, 4.69) is 23.3 Å². The highest BCUT2D eigenvalue weighted by atomic mass is 32.1. The van der Waals surface area contributed by atoms with Gasteiger partial charge in [0.25, 0.3) is 5.91 Å². The number of carbonyl (C=O) groups excluding carboxylic acids is 2. The molecule has 1 saturated carbocycles. The first-order chi connectivity index (χ1) is 16.9. The Bertz CT molecular complexity index is 1270. The summed E-state index contributed by atoms with van der Waals surface area (Å²) in [5.74, 6) is 1.33. The van der Waals surface area contributed by atoms with Gasteiger partial charge in [0.1, 0.15) is 0 Å². The Labute approximate surface area is 207 Å². The van der Waals surface area contributed by atoms with E-state index >= 15 is 0 Å². The van der Waals surface area contributed by atoms with E-state index in [9.17, 15) is 9.59 Å². The lowest BCUT2D eigenvalue weighted by Gasteiger charge is -2.22. The number of ether oxygens (including phenoxy) is 3. The van der Waals surface area contributed by atoms with E-state index in [1.807, 2.05) is 22.4 Å². The predicted octanol–water partition coefficient (Wildman–Crippen LogP) is 4.78. The molecule has 9 heteroatoms. The summed E-state index contributed by atoms with van der Waals surface area (Å²) in [5.41, 5.74) is 4.26. The average Bonchev–Trinajstić information content (AvgIpc) is 3.53. The zero-order valence-electron chi connectivity index (χ0n) is 20.1. The van der Waals surface area contributed by atoms with E-state index in [4.69, 9.17) is 14.2 Å². The summed E-state index contributed by atoms with van der Waals surface area (Å²) in [6.45, 7) is 2.10. The van der Waals surface area contributed by atoms with E-state index in [-0.39, 0.29) is 23.8 Å². The molecule has 2 aromatic carbocycles. The number of thiazole rings is 1. The van der Waals surface area contributed by atoms with Crippen LogP contribution in [0.4, 0.5) is 10.8 Å². The van der Waals surface area contributed by atoms with Crippen LogP contribution in [0, 0.1) is 5.92 Å². The first kappa shape index (κ1) is 23.2. The van der Waals surface area contributed by atoms with Crippen LogP contribution in [0.3, 0.4) is 0 Å². The van der Waals surface area contributed by atoms with Crippen LogP contribution >= 0.6 is 11.3 Å². The molecular formula is C26H27N3O5S. The number of methoxy groups -OCH3 is 3. The molecule has 182 valence electrons. The number of anilines is 2. The van der Waals surface area contributed by atoms with Gasteiger partial charge in [-0.2, -0.15) is 0 Å². The summed E-state index contributed by atoms with van der Waals surface area (Å²) < 4.78 is 16.0. The van der Waals surface area contributed by atoms with E-state index < -0.39 is 0 Å². The number of nitrogens with zero attached hydrogens (tertiary/aromatic N) is 2. The van der Waals surface area contributed by atoms with Crippen molar-refractivity contribution in [3.05, 3.63) is 46.8 Å². The smallest absolute Gasteiger partial charge is 0.257 e. The second kappa shape index (κ2) is 9.22. The third kappa shape index (κ3) is 4.32. The molecule has 2 heterocycles. The molecule has 8 nitrogen and oxygen atoms in total. The number of fused-ring (bicyclic) bond motifs is 1. The van der Waals surface area contributed by atoms with Gasteiger partial charge in [-0.15, -0.1) is 11.3 Å². The number of benzene rings is 2.